The summed E-state index contributed by atoms with van der Waals surface area (Å²) in [7, 11) is 3.12. The van der Waals surface area contributed by atoms with Crippen LogP contribution in [-0.2, 0) is 16.7 Å². The highest BCUT2D eigenvalue weighted by Gasteiger charge is 2.45. The Kier molecular flexibility index (Phi) is 6.57. The fraction of sp³-hybridized carbons (Fsp3) is 0.333. The molecule has 1 saturated carbocycles. The van der Waals surface area contributed by atoms with Crippen LogP contribution in [0.25, 0.3) is 0 Å². The van der Waals surface area contributed by atoms with Gasteiger partial charge in [-0.15, -0.1) is 0 Å². The van der Waals surface area contributed by atoms with Gasteiger partial charge in [0.2, 0.25) is 0 Å². The number of halogens is 1. The van der Waals surface area contributed by atoms with Gasteiger partial charge in [0.1, 0.15) is 0 Å². The van der Waals surface area contributed by atoms with Crippen LogP contribution in [0.15, 0.2) is 58.0 Å². The Balaban J connectivity index is 1.51. The van der Waals surface area contributed by atoms with Crippen molar-refractivity contribution in [1.29, 1.82) is 0 Å². The maximum Gasteiger partial charge on any atom is 0.411 e. The number of amides is 1. The lowest BCUT2D eigenvalue weighted by atomic mass is 9.96. The number of nitrogens with one attached hydrogen (secondary N) is 3. The Morgan fingerprint density at radius 3 is 2.46 bits per heavy atom. The summed E-state index contributed by atoms with van der Waals surface area (Å²) >= 11 is 3.67. The molecule has 1 fully saturated rings. The largest absolute Gasteiger partial charge is 0.453 e. The summed E-state index contributed by atoms with van der Waals surface area (Å²) in [6.07, 6.45) is 1.87. The highest BCUT2D eigenvalue weighted by atomic mass is 79.9. The van der Waals surface area contributed by atoms with Crippen LogP contribution < -0.4 is 16.0 Å². The third-order valence-corrected chi connectivity index (χ3v) is 5.65. The number of ether oxygens (including phenoxy) is 1. The molecular formula is C21H25BrN4O2. The number of benzene rings is 2. The van der Waals surface area contributed by atoms with E-state index in [-0.39, 0.29) is 5.41 Å². The molecule has 2 aromatic carbocycles. The summed E-state index contributed by atoms with van der Waals surface area (Å²) in [5.74, 6) is 0.773. The highest BCUT2D eigenvalue weighted by Crippen LogP contribution is 2.49. The van der Waals surface area contributed by atoms with Gasteiger partial charge in [-0.05, 0) is 42.2 Å². The van der Waals surface area contributed by atoms with Crippen molar-refractivity contribution < 1.29 is 9.53 Å². The number of hydrogen-bond acceptors (Lipinski definition) is 3. The topological polar surface area (TPSA) is 74.8 Å². The number of carbonyl (C=O) groups excluding carboxylic acids is 1. The Bertz CT molecular complexity index is 848. The molecule has 0 spiro atoms. The molecule has 0 aromatic heterocycles. The zero-order chi connectivity index (χ0) is 20.0. The molecule has 0 aliphatic heterocycles. The van der Waals surface area contributed by atoms with E-state index < -0.39 is 6.09 Å². The second kappa shape index (κ2) is 9.10. The average molecular weight is 445 g/mol. The monoisotopic (exact) mass is 444 g/mol. The normalized spacial score (nSPS) is 14.9. The lowest BCUT2D eigenvalue weighted by Gasteiger charge is -2.20. The minimum Gasteiger partial charge on any atom is -0.453 e. The second-order valence-corrected chi connectivity index (χ2v) is 7.71. The van der Waals surface area contributed by atoms with E-state index in [0.29, 0.717) is 12.2 Å². The minimum atomic E-state index is -0.477. The van der Waals surface area contributed by atoms with E-state index >= 15 is 0 Å². The number of hydrogen-bond donors (Lipinski definition) is 3. The first-order chi connectivity index (χ1) is 13.6. The molecule has 7 heteroatoms. The van der Waals surface area contributed by atoms with Crippen LogP contribution >= 0.6 is 15.9 Å². The molecule has 1 aliphatic carbocycles. The van der Waals surface area contributed by atoms with Gasteiger partial charge < -0.3 is 15.4 Å². The molecule has 0 heterocycles. The fourth-order valence-corrected chi connectivity index (χ4v) is 3.82. The molecule has 0 radical (unpaired) electrons. The first kappa shape index (κ1) is 20.2. The van der Waals surface area contributed by atoms with Crippen molar-refractivity contribution in [2.24, 2.45) is 4.99 Å². The molecule has 0 saturated heterocycles. The molecule has 28 heavy (non-hydrogen) atoms. The quantitative estimate of drug-likeness (QED) is 0.464. The third-order valence-electron chi connectivity index (χ3n) is 4.96. The van der Waals surface area contributed by atoms with Crippen molar-refractivity contribution in [3.8, 4) is 0 Å². The summed E-state index contributed by atoms with van der Waals surface area (Å²) in [5, 5.41) is 9.43. The molecule has 148 valence electrons. The Morgan fingerprint density at radius 1 is 1.14 bits per heavy atom. The molecule has 0 unspecified atom stereocenters. The summed E-state index contributed by atoms with van der Waals surface area (Å²) in [6.45, 7) is 1.48. The Hall–Kier alpha value is -2.54. The van der Waals surface area contributed by atoms with Crippen molar-refractivity contribution in [3.63, 3.8) is 0 Å². The maximum absolute atomic E-state index is 11.2. The Morgan fingerprint density at radius 2 is 1.86 bits per heavy atom. The molecule has 3 N–H and O–H groups in total. The second-order valence-electron chi connectivity index (χ2n) is 6.85. The van der Waals surface area contributed by atoms with Crippen LogP contribution in [0.4, 0.5) is 10.5 Å². The van der Waals surface area contributed by atoms with Crippen molar-refractivity contribution in [3.05, 3.63) is 64.1 Å². The van der Waals surface area contributed by atoms with E-state index in [4.69, 9.17) is 0 Å². The summed E-state index contributed by atoms with van der Waals surface area (Å²) in [5.41, 5.74) is 3.32. The van der Waals surface area contributed by atoms with Crippen LogP contribution in [0.5, 0.6) is 0 Å². The Labute approximate surface area is 173 Å². The van der Waals surface area contributed by atoms with Crippen LogP contribution in [0.3, 0.4) is 0 Å². The maximum atomic E-state index is 11.2. The predicted molar refractivity (Wildman–Crippen MR) is 116 cm³/mol. The van der Waals surface area contributed by atoms with Crippen molar-refractivity contribution in [2.45, 2.75) is 24.8 Å². The molecule has 3 rings (SSSR count). The van der Waals surface area contributed by atoms with E-state index in [1.165, 1.54) is 25.5 Å². The zero-order valence-electron chi connectivity index (χ0n) is 16.1. The smallest absolute Gasteiger partial charge is 0.411 e. The van der Waals surface area contributed by atoms with Crippen molar-refractivity contribution in [1.82, 2.24) is 10.6 Å². The standard InChI is InChI=1S/C21H25BrN4O2/c1-23-19(24-13-15-7-9-16(10-8-15)26-20(27)28-2)25-14-21(11-12-21)17-5-3-4-6-18(17)22/h3-10H,11-14H2,1-2H3,(H,26,27)(H2,23,24,25). The first-order valence-electron chi connectivity index (χ1n) is 9.20. The lowest BCUT2D eigenvalue weighted by molar-refractivity contribution is 0.187. The van der Waals surface area contributed by atoms with E-state index in [2.05, 4.69) is 59.8 Å². The zero-order valence-corrected chi connectivity index (χ0v) is 17.7. The van der Waals surface area contributed by atoms with Gasteiger partial charge in [-0.25, -0.2) is 4.79 Å². The number of rotatable bonds is 6. The van der Waals surface area contributed by atoms with E-state index in [0.717, 1.165) is 22.5 Å². The number of guanidine groups is 1. The summed E-state index contributed by atoms with van der Waals surface area (Å²) in [6, 6.07) is 16.0. The number of anilines is 1. The van der Waals surface area contributed by atoms with Gasteiger partial charge in [-0.3, -0.25) is 10.3 Å². The van der Waals surface area contributed by atoms with Crippen molar-refractivity contribution >= 4 is 33.7 Å². The molecule has 0 bridgehead atoms. The highest BCUT2D eigenvalue weighted by molar-refractivity contribution is 9.10. The molecular weight excluding hydrogens is 420 g/mol. The van der Waals surface area contributed by atoms with Gasteiger partial charge in [0.25, 0.3) is 0 Å². The number of methoxy groups -OCH3 is 1. The fourth-order valence-electron chi connectivity index (χ4n) is 3.12. The van der Waals surface area contributed by atoms with Crippen LogP contribution in [0.2, 0.25) is 0 Å². The van der Waals surface area contributed by atoms with Gasteiger partial charge in [0, 0.05) is 35.7 Å². The molecule has 6 nitrogen and oxygen atoms in total. The third kappa shape index (κ3) is 5.04. The van der Waals surface area contributed by atoms with Gasteiger partial charge in [-0.1, -0.05) is 46.3 Å². The number of aliphatic imine (C=N–C) groups is 1. The van der Waals surface area contributed by atoms with Crippen LogP contribution in [0, 0.1) is 0 Å². The van der Waals surface area contributed by atoms with Crippen molar-refractivity contribution in [2.75, 3.05) is 26.0 Å². The lowest BCUT2D eigenvalue weighted by Crippen LogP contribution is -2.41. The van der Waals surface area contributed by atoms with Gasteiger partial charge in [0.05, 0.1) is 7.11 Å². The van der Waals surface area contributed by atoms with Gasteiger partial charge in [-0.2, -0.15) is 0 Å². The predicted octanol–water partition coefficient (Wildman–Crippen LogP) is 4.02. The van der Waals surface area contributed by atoms with Crippen LogP contribution in [-0.4, -0.2) is 32.8 Å². The molecule has 0 atom stereocenters. The molecule has 2 aromatic rings. The molecule has 1 aliphatic rings. The average Bonchev–Trinajstić information content (AvgIpc) is 3.50. The van der Waals surface area contributed by atoms with E-state index in [1.807, 2.05) is 30.3 Å². The van der Waals surface area contributed by atoms with Gasteiger partial charge in [0.15, 0.2) is 5.96 Å². The number of carbonyl (C=O) groups is 1. The van der Waals surface area contributed by atoms with E-state index in [9.17, 15) is 4.79 Å². The summed E-state index contributed by atoms with van der Waals surface area (Å²) < 4.78 is 5.75. The van der Waals surface area contributed by atoms with Gasteiger partial charge >= 0.3 is 6.09 Å². The molecule has 1 amide bonds. The minimum absolute atomic E-state index is 0.179. The SMILES string of the molecule is CN=C(NCc1ccc(NC(=O)OC)cc1)NCC1(c2ccccc2Br)CC1. The van der Waals surface area contributed by atoms with E-state index in [1.54, 1.807) is 7.05 Å². The van der Waals surface area contributed by atoms with Crippen LogP contribution in [0.1, 0.15) is 24.0 Å². The first-order valence-corrected chi connectivity index (χ1v) is 9.99. The summed E-state index contributed by atoms with van der Waals surface area (Å²) in [4.78, 5) is 15.6. The number of nitrogens with zero attached hydrogens (tertiary/aromatic N) is 1.